The van der Waals surface area contributed by atoms with Crippen LogP contribution < -0.4 is 0 Å². The van der Waals surface area contributed by atoms with Crippen LogP contribution in [0.2, 0.25) is 5.02 Å². The van der Waals surface area contributed by atoms with Gasteiger partial charge in [0.15, 0.2) is 0 Å². The molecule has 8 nitrogen and oxygen atoms in total. The molecule has 1 fully saturated rings. The fourth-order valence-electron chi connectivity index (χ4n) is 3.31. The highest BCUT2D eigenvalue weighted by Gasteiger charge is 2.30. The van der Waals surface area contributed by atoms with Gasteiger partial charge in [0.25, 0.3) is 11.4 Å². The first-order valence-corrected chi connectivity index (χ1v) is 9.19. The molecule has 0 radical (unpaired) electrons. The lowest BCUT2D eigenvalue weighted by Crippen LogP contribution is -2.19. The van der Waals surface area contributed by atoms with Crippen LogP contribution in [0.4, 0.5) is 11.4 Å². The maximum Gasteiger partial charge on any atom is 0.280 e. The normalized spacial score (nSPS) is 18.0. The highest BCUT2D eigenvalue weighted by molar-refractivity contribution is 6.30. The fraction of sp³-hybridized carbons (Fsp3) is 0.316. The smallest absolute Gasteiger partial charge is 0.280 e. The van der Waals surface area contributed by atoms with Crippen molar-refractivity contribution in [2.24, 2.45) is 5.16 Å². The second-order valence-electron chi connectivity index (χ2n) is 6.54. The molecule has 1 aliphatic carbocycles. The maximum absolute atomic E-state index is 11.5. The molecule has 3 rings (SSSR count). The maximum atomic E-state index is 11.5. The number of hydrogen-bond acceptors (Lipinski definition) is 6. The lowest BCUT2D eigenvalue weighted by molar-refractivity contribution is -0.394. The first-order chi connectivity index (χ1) is 13.5. The van der Waals surface area contributed by atoms with Crippen LogP contribution in [0.1, 0.15) is 42.7 Å². The van der Waals surface area contributed by atoms with E-state index in [-0.39, 0.29) is 23.9 Å². The predicted molar refractivity (Wildman–Crippen MR) is 105 cm³/mol. The summed E-state index contributed by atoms with van der Waals surface area (Å²) in [4.78, 5) is 26.7. The van der Waals surface area contributed by atoms with Crippen LogP contribution in [-0.2, 0) is 11.4 Å². The lowest BCUT2D eigenvalue weighted by Gasteiger charge is -2.23. The molecule has 1 unspecified atom stereocenters. The summed E-state index contributed by atoms with van der Waals surface area (Å²) in [6.45, 7) is 0.260. The summed E-state index contributed by atoms with van der Waals surface area (Å²) in [7, 11) is 0. The summed E-state index contributed by atoms with van der Waals surface area (Å²) < 4.78 is 0. The summed E-state index contributed by atoms with van der Waals surface area (Å²) in [6.07, 6.45) is 3.16. The minimum absolute atomic E-state index is 0.258. The van der Waals surface area contributed by atoms with E-state index in [1.54, 1.807) is 12.1 Å². The summed E-state index contributed by atoms with van der Waals surface area (Å²) in [6, 6.07) is 11.0. The average Bonchev–Trinajstić information content (AvgIpc) is 2.69. The Balaban J connectivity index is 1.83. The number of halogens is 1. The zero-order valence-electron chi connectivity index (χ0n) is 14.9. The van der Waals surface area contributed by atoms with E-state index < -0.39 is 9.85 Å². The van der Waals surface area contributed by atoms with Crippen LogP contribution in [0.3, 0.4) is 0 Å². The van der Waals surface area contributed by atoms with E-state index in [4.69, 9.17) is 16.4 Å². The molecule has 9 heteroatoms. The Labute approximate surface area is 166 Å². The van der Waals surface area contributed by atoms with Crippen molar-refractivity contribution in [2.45, 2.75) is 38.2 Å². The van der Waals surface area contributed by atoms with E-state index in [2.05, 4.69) is 5.16 Å². The number of benzene rings is 2. The molecule has 1 atom stereocenters. The number of nitrogens with zero attached hydrogens (tertiary/aromatic N) is 3. The van der Waals surface area contributed by atoms with Gasteiger partial charge in [-0.15, -0.1) is 0 Å². The predicted octanol–water partition coefficient (Wildman–Crippen LogP) is 5.39. The zero-order chi connectivity index (χ0) is 20.1. The van der Waals surface area contributed by atoms with Gasteiger partial charge in [0.1, 0.15) is 6.61 Å². The van der Waals surface area contributed by atoms with Crippen LogP contribution in [-0.4, -0.2) is 15.6 Å². The molecule has 0 heterocycles. The van der Waals surface area contributed by atoms with Gasteiger partial charge in [-0.25, -0.2) is 0 Å². The quantitative estimate of drug-likeness (QED) is 0.474. The van der Waals surface area contributed by atoms with Crippen LogP contribution in [0, 0.1) is 20.2 Å². The van der Waals surface area contributed by atoms with E-state index in [0.29, 0.717) is 23.4 Å². The summed E-state index contributed by atoms with van der Waals surface area (Å²) in [5.74, 6) is -0.292. The van der Waals surface area contributed by atoms with Gasteiger partial charge < -0.3 is 4.84 Å². The van der Waals surface area contributed by atoms with Crippen molar-refractivity contribution in [3.63, 3.8) is 0 Å². The van der Waals surface area contributed by atoms with Crippen molar-refractivity contribution in [3.8, 4) is 0 Å². The van der Waals surface area contributed by atoms with E-state index in [9.17, 15) is 20.2 Å². The highest BCUT2D eigenvalue weighted by Crippen LogP contribution is 2.37. The van der Waals surface area contributed by atoms with Crippen LogP contribution >= 0.6 is 11.6 Å². The Morgan fingerprint density at radius 3 is 2.50 bits per heavy atom. The van der Waals surface area contributed by atoms with Crippen molar-refractivity contribution < 1.29 is 14.7 Å². The molecule has 0 bridgehead atoms. The van der Waals surface area contributed by atoms with Gasteiger partial charge in [0.2, 0.25) is 0 Å². The van der Waals surface area contributed by atoms with Gasteiger partial charge in [-0.3, -0.25) is 20.2 Å². The minimum Gasteiger partial charge on any atom is -0.391 e. The summed E-state index contributed by atoms with van der Waals surface area (Å²) in [5, 5.41) is 27.3. The second kappa shape index (κ2) is 8.79. The summed E-state index contributed by atoms with van der Waals surface area (Å²) >= 11 is 5.86. The standard InChI is InChI=1S/C19H18ClN3O5/c20-14-7-5-13(6-8-14)12-28-21-18-4-2-1-3-16(18)17-10-9-15(22(24)25)11-19(17)23(26)27/h5-11,16H,1-4,12H2. The largest absolute Gasteiger partial charge is 0.391 e. The molecule has 0 N–H and O–H groups in total. The molecule has 2 aromatic carbocycles. The van der Waals surface area contributed by atoms with Gasteiger partial charge in [-0.1, -0.05) is 35.3 Å². The number of non-ortho nitro benzene ring substituents is 1. The Morgan fingerprint density at radius 1 is 1.07 bits per heavy atom. The highest BCUT2D eigenvalue weighted by atomic mass is 35.5. The Bertz CT molecular complexity index is 914. The van der Waals surface area contributed by atoms with Crippen molar-refractivity contribution in [2.75, 3.05) is 0 Å². The number of nitro benzene ring substituents is 2. The van der Waals surface area contributed by atoms with Gasteiger partial charge in [-0.05, 0) is 43.0 Å². The van der Waals surface area contributed by atoms with E-state index in [1.807, 2.05) is 12.1 Å². The molecular weight excluding hydrogens is 386 g/mol. The third kappa shape index (κ3) is 4.64. The first kappa shape index (κ1) is 19.8. The number of hydrogen-bond donors (Lipinski definition) is 0. The Kier molecular flexibility index (Phi) is 6.20. The lowest BCUT2D eigenvalue weighted by atomic mass is 9.81. The average molecular weight is 404 g/mol. The monoisotopic (exact) mass is 403 g/mol. The molecule has 0 spiro atoms. The van der Waals surface area contributed by atoms with Crippen LogP contribution in [0.25, 0.3) is 0 Å². The van der Waals surface area contributed by atoms with Gasteiger partial charge in [-0.2, -0.15) is 0 Å². The van der Waals surface area contributed by atoms with Crippen LogP contribution in [0.15, 0.2) is 47.6 Å². The minimum atomic E-state index is -0.637. The van der Waals surface area contributed by atoms with Crippen molar-refractivity contribution >= 4 is 28.7 Å². The third-order valence-corrected chi connectivity index (χ3v) is 4.95. The molecule has 1 aliphatic rings. The molecule has 0 saturated heterocycles. The molecule has 146 valence electrons. The zero-order valence-corrected chi connectivity index (χ0v) is 15.7. The van der Waals surface area contributed by atoms with Crippen LogP contribution in [0.5, 0.6) is 0 Å². The number of oxime groups is 1. The number of nitro groups is 2. The molecule has 0 amide bonds. The second-order valence-corrected chi connectivity index (χ2v) is 6.97. The molecule has 0 aromatic heterocycles. The topological polar surface area (TPSA) is 108 Å². The third-order valence-electron chi connectivity index (χ3n) is 4.70. The first-order valence-electron chi connectivity index (χ1n) is 8.81. The van der Waals surface area contributed by atoms with Crippen molar-refractivity contribution in [3.05, 3.63) is 78.8 Å². The summed E-state index contributed by atoms with van der Waals surface area (Å²) in [5.41, 5.74) is 1.50. The number of rotatable bonds is 6. The Morgan fingerprint density at radius 2 is 1.82 bits per heavy atom. The van der Waals surface area contributed by atoms with Gasteiger partial charge >= 0.3 is 0 Å². The van der Waals surface area contributed by atoms with Crippen molar-refractivity contribution in [1.82, 2.24) is 0 Å². The molecular formula is C19H18ClN3O5. The van der Waals surface area contributed by atoms with Gasteiger partial charge in [0, 0.05) is 22.6 Å². The van der Waals surface area contributed by atoms with E-state index in [0.717, 1.165) is 30.2 Å². The molecule has 2 aromatic rings. The Hall–Kier alpha value is -3.00. The SMILES string of the molecule is O=[N+]([O-])c1ccc(C2CCCCC2=NOCc2ccc(Cl)cc2)c([N+](=O)[O-])c1. The molecule has 1 saturated carbocycles. The fourth-order valence-corrected chi connectivity index (χ4v) is 3.43. The molecule has 28 heavy (non-hydrogen) atoms. The van der Waals surface area contributed by atoms with Crippen molar-refractivity contribution in [1.29, 1.82) is 0 Å². The van der Waals surface area contributed by atoms with Gasteiger partial charge in [0.05, 0.1) is 21.6 Å². The van der Waals surface area contributed by atoms with E-state index >= 15 is 0 Å². The molecule has 0 aliphatic heterocycles. The van der Waals surface area contributed by atoms with E-state index in [1.165, 1.54) is 12.1 Å².